The van der Waals surface area contributed by atoms with E-state index in [4.69, 9.17) is 4.98 Å². The minimum atomic E-state index is 0.0395. The van der Waals surface area contributed by atoms with Gasteiger partial charge in [-0.2, -0.15) is 0 Å². The predicted octanol–water partition coefficient (Wildman–Crippen LogP) is 3.69. The molecule has 7 nitrogen and oxygen atoms in total. The Morgan fingerprint density at radius 3 is 2.62 bits per heavy atom. The molecule has 0 bridgehead atoms. The quantitative estimate of drug-likeness (QED) is 0.465. The van der Waals surface area contributed by atoms with E-state index in [1.165, 1.54) is 5.56 Å². The summed E-state index contributed by atoms with van der Waals surface area (Å²) in [5.41, 5.74) is 3.52. The molecule has 1 saturated heterocycles. The first-order valence-electron chi connectivity index (χ1n) is 11.3. The Morgan fingerprint density at radius 1 is 1.03 bits per heavy atom. The number of pyridine rings is 1. The van der Waals surface area contributed by atoms with Gasteiger partial charge < -0.3 is 19.2 Å². The number of likely N-dealkylation sites (tertiary alicyclic amines) is 1. The maximum atomic E-state index is 13.2. The van der Waals surface area contributed by atoms with Crippen LogP contribution in [0.4, 0.5) is 0 Å². The highest BCUT2D eigenvalue weighted by Gasteiger charge is 2.26. The summed E-state index contributed by atoms with van der Waals surface area (Å²) >= 11 is 0. The molecule has 32 heavy (non-hydrogen) atoms. The molecule has 1 fully saturated rings. The Kier molecular flexibility index (Phi) is 5.98. The van der Waals surface area contributed by atoms with Gasteiger partial charge in [0.2, 0.25) is 0 Å². The van der Waals surface area contributed by atoms with Crippen molar-refractivity contribution < 1.29 is 4.79 Å². The molecule has 0 spiro atoms. The minimum absolute atomic E-state index is 0.0395. The van der Waals surface area contributed by atoms with Crippen molar-refractivity contribution in [3.63, 3.8) is 0 Å². The summed E-state index contributed by atoms with van der Waals surface area (Å²) in [6, 6.07) is 16.5. The SMILES string of the molecule is O=C(c1nc2ccccn2c1CN[C@@H](CCn1ccnc1)c1ccccc1)N1CCCC1. The van der Waals surface area contributed by atoms with Crippen LogP contribution in [0.1, 0.15) is 47.1 Å². The molecule has 1 aliphatic heterocycles. The molecule has 164 valence electrons. The van der Waals surface area contributed by atoms with Crippen molar-refractivity contribution in [1.82, 2.24) is 29.2 Å². The van der Waals surface area contributed by atoms with Crippen LogP contribution in [0.5, 0.6) is 0 Å². The zero-order valence-electron chi connectivity index (χ0n) is 18.1. The van der Waals surface area contributed by atoms with E-state index in [0.717, 1.165) is 50.2 Å². The summed E-state index contributed by atoms with van der Waals surface area (Å²) in [5.74, 6) is 0.0395. The standard InChI is InChI=1S/C25H28N6O/c32-25(30-13-6-7-14-30)24-22(31-15-5-4-10-23(31)28-24)18-27-21(20-8-2-1-3-9-20)11-16-29-17-12-26-19-29/h1-5,8-10,12,15,17,19,21,27H,6-7,11,13-14,16,18H2/t21-/m0/s1. The first-order valence-corrected chi connectivity index (χ1v) is 11.3. The summed E-state index contributed by atoms with van der Waals surface area (Å²) < 4.78 is 4.13. The van der Waals surface area contributed by atoms with Crippen molar-refractivity contribution >= 4 is 11.6 Å². The lowest BCUT2D eigenvalue weighted by atomic mass is 10.0. The Balaban J connectivity index is 1.41. The fraction of sp³-hybridized carbons (Fsp3) is 0.320. The van der Waals surface area contributed by atoms with Gasteiger partial charge in [0.15, 0.2) is 5.69 Å². The second-order valence-corrected chi connectivity index (χ2v) is 8.27. The molecule has 1 aromatic carbocycles. The smallest absolute Gasteiger partial charge is 0.274 e. The minimum Gasteiger partial charge on any atom is -0.337 e. The number of rotatable bonds is 8. The third kappa shape index (κ3) is 4.29. The molecule has 7 heteroatoms. The van der Waals surface area contributed by atoms with Gasteiger partial charge in [0.25, 0.3) is 5.91 Å². The lowest BCUT2D eigenvalue weighted by Crippen LogP contribution is -2.30. The van der Waals surface area contributed by atoms with Crippen LogP contribution in [0.25, 0.3) is 5.65 Å². The molecule has 0 saturated carbocycles. The summed E-state index contributed by atoms with van der Waals surface area (Å²) in [6.45, 7) is 3.05. The molecule has 4 aromatic rings. The molecule has 0 radical (unpaired) electrons. The van der Waals surface area contributed by atoms with Crippen LogP contribution < -0.4 is 5.32 Å². The lowest BCUT2D eigenvalue weighted by Gasteiger charge is -2.20. The number of aromatic nitrogens is 4. The van der Waals surface area contributed by atoms with E-state index < -0.39 is 0 Å². The molecule has 4 heterocycles. The first-order chi connectivity index (χ1) is 15.8. The number of hydrogen-bond donors (Lipinski definition) is 1. The summed E-state index contributed by atoms with van der Waals surface area (Å²) in [5, 5.41) is 3.71. The van der Waals surface area contributed by atoms with Crippen LogP contribution in [-0.2, 0) is 13.1 Å². The number of nitrogens with one attached hydrogen (secondary N) is 1. The van der Waals surface area contributed by atoms with Crippen molar-refractivity contribution in [3.8, 4) is 0 Å². The zero-order chi connectivity index (χ0) is 21.8. The number of benzene rings is 1. The maximum absolute atomic E-state index is 13.2. The molecule has 1 amide bonds. The van der Waals surface area contributed by atoms with Gasteiger partial charge >= 0.3 is 0 Å². The predicted molar refractivity (Wildman–Crippen MR) is 123 cm³/mol. The first kappa shape index (κ1) is 20.5. The summed E-state index contributed by atoms with van der Waals surface area (Å²) in [4.78, 5) is 24.0. The summed E-state index contributed by atoms with van der Waals surface area (Å²) in [6.07, 6.45) is 10.7. The van der Waals surface area contributed by atoms with Crippen molar-refractivity contribution in [2.45, 2.75) is 38.4 Å². The zero-order valence-corrected chi connectivity index (χ0v) is 18.1. The van der Waals surface area contributed by atoms with Crippen molar-refractivity contribution in [3.05, 3.63) is 90.4 Å². The highest BCUT2D eigenvalue weighted by molar-refractivity contribution is 5.94. The normalized spacial score (nSPS) is 14.8. The van der Waals surface area contributed by atoms with E-state index in [2.05, 4.69) is 39.1 Å². The molecule has 0 unspecified atom stereocenters. The average molecular weight is 429 g/mol. The van der Waals surface area contributed by atoms with Gasteiger partial charge in [0, 0.05) is 50.8 Å². The van der Waals surface area contributed by atoms with Gasteiger partial charge in [-0.15, -0.1) is 0 Å². The number of nitrogens with zero attached hydrogens (tertiary/aromatic N) is 5. The molecule has 1 atom stereocenters. The molecule has 1 N–H and O–H groups in total. The maximum Gasteiger partial charge on any atom is 0.274 e. The van der Waals surface area contributed by atoms with Crippen molar-refractivity contribution in [2.75, 3.05) is 13.1 Å². The van der Waals surface area contributed by atoms with E-state index in [1.807, 2.05) is 52.3 Å². The van der Waals surface area contributed by atoms with E-state index in [1.54, 1.807) is 6.20 Å². The number of carbonyl (C=O) groups excluding carboxylic acids is 1. The molecule has 1 aliphatic rings. The van der Waals surface area contributed by atoms with Crippen LogP contribution >= 0.6 is 0 Å². The number of fused-ring (bicyclic) bond motifs is 1. The summed E-state index contributed by atoms with van der Waals surface area (Å²) in [7, 11) is 0. The third-order valence-electron chi connectivity index (χ3n) is 6.18. The van der Waals surface area contributed by atoms with E-state index in [-0.39, 0.29) is 11.9 Å². The van der Waals surface area contributed by atoms with Gasteiger partial charge in [-0.3, -0.25) is 4.79 Å². The molecule has 3 aromatic heterocycles. The monoisotopic (exact) mass is 428 g/mol. The van der Waals surface area contributed by atoms with Crippen LogP contribution in [-0.4, -0.2) is 42.8 Å². The highest BCUT2D eigenvalue weighted by atomic mass is 16.2. The van der Waals surface area contributed by atoms with E-state index in [9.17, 15) is 4.79 Å². The molecular weight excluding hydrogens is 400 g/mol. The topological polar surface area (TPSA) is 67.5 Å². The largest absolute Gasteiger partial charge is 0.337 e. The average Bonchev–Trinajstić information content (AvgIpc) is 3.60. The van der Waals surface area contributed by atoms with Crippen molar-refractivity contribution in [1.29, 1.82) is 0 Å². The third-order valence-corrected chi connectivity index (χ3v) is 6.18. The van der Waals surface area contributed by atoms with Crippen LogP contribution in [0.3, 0.4) is 0 Å². The molecular formula is C25H28N6O. The van der Waals surface area contributed by atoms with Gasteiger partial charge in [-0.25, -0.2) is 9.97 Å². The Morgan fingerprint density at radius 2 is 1.84 bits per heavy atom. The fourth-order valence-corrected chi connectivity index (χ4v) is 4.45. The number of carbonyl (C=O) groups is 1. The lowest BCUT2D eigenvalue weighted by molar-refractivity contribution is 0.0786. The Hall–Kier alpha value is -3.45. The number of aryl methyl sites for hydroxylation is 1. The van der Waals surface area contributed by atoms with Crippen LogP contribution in [0, 0.1) is 0 Å². The van der Waals surface area contributed by atoms with Gasteiger partial charge in [0.05, 0.1) is 12.0 Å². The molecule has 5 rings (SSSR count). The highest BCUT2D eigenvalue weighted by Crippen LogP contribution is 2.22. The second-order valence-electron chi connectivity index (χ2n) is 8.27. The Bertz CT molecular complexity index is 1160. The molecule has 0 aliphatic carbocycles. The number of imidazole rings is 2. The van der Waals surface area contributed by atoms with Crippen LogP contribution in [0.15, 0.2) is 73.4 Å². The van der Waals surface area contributed by atoms with Crippen LogP contribution in [0.2, 0.25) is 0 Å². The fourth-order valence-electron chi connectivity index (χ4n) is 4.45. The van der Waals surface area contributed by atoms with Gasteiger partial charge in [-0.05, 0) is 37.0 Å². The van der Waals surface area contributed by atoms with Crippen molar-refractivity contribution in [2.24, 2.45) is 0 Å². The van der Waals surface area contributed by atoms with Gasteiger partial charge in [0.1, 0.15) is 5.65 Å². The Labute approximate surface area is 187 Å². The van der Waals surface area contributed by atoms with E-state index >= 15 is 0 Å². The number of hydrogen-bond acceptors (Lipinski definition) is 4. The van der Waals surface area contributed by atoms with Gasteiger partial charge in [-0.1, -0.05) is 36.4 Å². The number of amides is 1. The van der Waals surface area contributed by atoms with E-state index in [0.29, 0.717) is 12.2 Å². The second kappa shape index (κ2) is 9.36.